The third-order valence-corrected chi connectivity index (χ3v) is 4.86. The third-order valence-electron chi connectivity index (χ3n) is 4.25. The Morgan fingerprint density at radius 2 is 2.08 bits per heavy atom. The Morgan fingerprint density at radius 1 is 1.33 bits per heavy atom. The maximum absolute atomic E-state index is 14.0. The molecule has 0 saturated carbocycles. The monoisotopic (exact) mass is 391 g/mol. The summed E-state index contributed by atoms with van der Waals surface area (Å²) in [7, 11) is 1.69. The molecule has 2 aromatic carbocycles. The smallest absolute Gasteiger partial charge is 0.222 e. The molecule has 0 saturated heterocycles. The number of rotatable bonds is 1. The molecule has 4 rings (SSSR count). The summed E-state index contributed by atoms with van der Waals surface area (Å²) in [4.78, 5) is 10.5. The predicted octanol–water partition coefficient (Wildman–Crippen LogP) is 3.46. The van der Waals surface area contributed by atoms with Crippen LogP contribution in [0.15, 0.2) is 51.9 Å². The van der Waals surface area contributed by atoms with Gasteiger partial charge in [0.1, 0.15) is 17.7 Å². The molecule has 0 amide bonds. The van der Waals surface area contributed by atoms with Crippen molar-refractivity contribution in [2.45, 2.75) is 18.2 Å². The summed E-state index contributed by atoms with van der Waals surface area (Å²) < 4.78 is 20.4. The lowest BCUT2D eigenvalue weighted by molar-refractivity contribution is -0.191. The molecule has 7 heteroatoms. The second-order valence-corrected chi connectivity index (χ2v) is 6.68. The zero-order valence-corrected chi connectivity index (χ0v) is 14.5. The molecule has 5 nitrogen and oxygen atoms in total. The van der Waals surface area contributed by atoms with Crippen LogP contribution in [0.5, 0.6) is 5.75 Å². The number of nitrogens with two attached hydrogens (primary N) is 1. The van der Waals surface area contributed by atoms with Crippen LogP contribution in [0.4, 0.5) is 4.39 Å². The second kappa shape index (κ2) is 5.46. The average molecular weight is 392 g/mol. The van der Waals surface area contributed by atoms with Crippen molar-refractivity contribution in [1.29, 1.82) is 0 Å². The number of aliphatic imine (C=N–C) groups is 1. The lowest BCUT2D eigenvalue weighted by atomic mass is 9.90. The van der Waals surface area contributed by atoms with Gasteiger partial charge in [-0.3, -0.25) is 0 Å². The number of ether oxygens (including phenoxy) is 1. The van der Waals surface area contributed by atoms with Crippen LogP contribution in [0.1, 0.15) is 23.7 Å². The standard InChI is InChI=1S/C17H15BrFN3O2/c1-22-16(20)21-17(24-22)9-15(10-5-3-2-4-6-10)23-14-8-13(19)12(18)7-11(14)17/h2-8,15H,9H2,1H3,(H2,20,21). The molecule has 0 fully saturated rings. The first-order valence-electron chi connectivity index (χ1n) is 7.48. The van der Waals surface area contributed by atoms with Crippen LogP contribution in [0, 0.1) is 5.82 Å². The first kappa shape index (κ1) is 15.4. The van der Waals surface area contributed by atoms with E-state index in [1.807, 2.05) is 30.3 Å². The number of hydrogen-bond donors (Lipinski definition) is 1. The molecule has 2 atom stereocenters. The fourth-order valence-corrected chi connectivity index (χ4v) is 3.43. The van der Waals surface area contributed by atoms with Gasteiger partial charge in [0.2, 0.25) is 11.7 Å². The molecule has 2 aliphatic rings. The molecule has 0 aliphatic carbocycles. The van der Waals surface area contributed by atoms with E-state index in [4.69, 9.17) is 15.3 Å². The Kier molecular flexibility index (Phi) is 3.51. The van der Waals surface area contributed by atoms with Gasteiger partial charge in [-0.05, 0) is 27.6 Å². The normalized spacial score (nSPS) is 25.4. The highest BCUT2D eigenvalue weighted by atomic mass is 79.9. The number of hydroxylamine groups is 2. The van der Waals surface area contributed by atoms with Gasteiger partial charge in [-0.25, -0.2) is 19.3 Å². The van der Waals surface area contributed by atoms with Gasteiger partial charge in [0, 0.05) is 19.5 Å². The lowest BCUT2D eigenvalue weighted by Gasteiger charge is -2.37. The van der Waals surface area contributed by atoms with Gasteiger partial charge in [-0.15, -0.1) is 0 Å². The predicted molar refractivity (Wildman–Crippen MR) is 90.7 cm³/mol. The molecule has 0 radical (unpaired) electrons. The van der Waals surface area contributed by atoms with E-state index in [-0.39, 0.29) is 12.1 Å². The maximum atomic E-state index is 14.0. The Labute approximate surface area is 147 Å². The van der Waals surface area contributed by atoms with E-state index in [0.717, 1.165) is 5.56 Å². The van der Waals surface area contributed by atoms with Crippen LogP contribution >= 0.6 is 15.9 Å². The first-order chi connectivity index (χ1) is 11.5. The number of fused-ring (bicyclic) bond motifs is 2. The molecule has 2 aromatic rings. The van der Waals surface area contributed by atoms with Crippen LogP contribution in [0.2, 0.25) is 0 Å². The number of guanidine groups is 1. The highest BCUT2D eigenvalue weighted by Crippen LogP contribution is 2.50. The van der Waals surface area contributed by atoms with Crippen LogP contribution in [0.3, 0.4) is 0 Å². The quantitative estimate of drug-likeness (QED) is 0.808. The van der Waals surface area contributed by atoms with E-state index < -0.39 is 11.5 Å². The van der Waals surface area contributed by atoms with Crippen molar-refractivity contribution in [2.75, 3.05) is 7.05 Å². The number of nitrogens with zero attached hydrogens (tertiary/aromatic N) is 2. The molecule has 2 N–H and O–H groups in total. The van der Waals surface area contributed by atoms with Crippen molar-refractivity contribution in [3.63, 3.8) is 0 Å². The minimum atomic E-state index is -1.02. The fourth-order valence-electron chi connectivity index (χ4n) is 3.08. The maximum Gasteiger partial charge on any atom is 0.222 e. The lowest BCUT2D eigenvalue weighted by Crippen LogP contribution is -2.36. The molecule has 2 heterocycles. The SMILES string of the molecule is CN1OC2(CC(c3ccccc3)Oc3cc(F)c(Br)cc32)N=C1N. The average Bonchev–Trinajstić information content (AvgIpc) is 2.85. The summed E-state index contributed by atoms with van der Waals surface area (Å²) in [5.74, 6) is 0.277. The molecule has 2 unspecified atom stereocenters. The molecule has 0 aromatic heterocycles. The van der Waals surface area contributed by atoms with Crippen LogP contribution < -0.4 is 10.5 Å². The van der Waals surface area contributed by atoms with E-state index >= 15 is 0 Å². The zero-order valence-electron chi connectivity index (χ0n) is 12.9. The summed E-state index contributed by atoms with van der Waals surface area (Å²) >= 11 is 3.22. The number of hydrogen-bond acceptors (Lipinski definition) is 5. The molecule has 1 spiro atoms. The summed E-state index contributed by atoms with van der Waals surface area (Å²) in [6.45, 7) is 0. The molecule has 24 heavy (non-hydrogen) atoms. The Morgan fingerprint density at radius 3 is 2.75 bits per heavy atom. The third kappa shape index (κ3) is 2.35. The van der Waals surface area contributed by atoms with Gasteiger partial charge >= 0.3 is 0 Å². The Bertz CT molecular complexity index is 830. The van der Waals surface area contributed by atoms with Crippen molar-refractivity contribution < 1.29 is 14.0 Å². The van der Waals surface area contributed by atoms with E-state index in [2.05, 4.69) is 20.9 Å². The second-order valence-electron chi connectivity index (χ2n) is 5.83. The fraction of sp³-hybridized carbons (Fsp3) is 0.235. The van der Waals surface area contributed by atoms with Crippen molar-refractivity contribution in [2.24, 2.45) is 10.7 Å². The summed E-state index contributed by atoms with van der Waals surface area (Å²) in [6, 6.07) is 12.7. The first-order valence-corrected chi connectivity index (χ1v) is 8.27. The van der Waals surface area contributed by atoms with E-state index in [0.29, 0.717) is 22.2 Å². The van der Waals surface area contributed by atoms with E-state index in [1.165, 1.54) is 11.1 Å². The van der Waals surface area contributed by atoms with Gasteiger partial charge in [0.25, 0.3) is 0 Å². The molecular weight excluding hydrogens is 377 g/mol. The Hall–Kier alpha value is -2.12. The van der Waals surface area contributed by atoms with Gasteiger partial charge in [0.15, 0.2) is 0 Å². The Balaban J connectivity index is 1.86. The van der Waals surface area contributed by atoms with Crippen LogP contribution in [-0.2, 0) is 10.6 Å². The number of halogens is 2. The summed E-state index contributed by atoms with van der Waals surface area (Å²) in [5, 5.41) is 1.43. The van der Waals surface area contributed by atoms with Crippen LogP contribution in [-0.4, -0.2) is 18.1 Å². The van der Waals surface area contributed by atoms with Crippen molar-refractivity contribution in [1.82, 2.24) is 5.06 Å². The van der Waals surface area contributed by atoms with Gasteiger partial charge < -0.3 is 10.5 Å². The molecule has 124 valence electrons. The molecule has 0 bridgehead atoms. The van der Waals surface area contributed by atoms with Crippen LogP contribution in [0.25, 0.3) is 0 Å². The van der Waals surface area contributed by atoms with Gasteiger partial charge in [-0.2, -0.15) is 0 Å². The van der Waals surface area contributed by atoms with E-state index in [9.17, 15) is 4.39 Å². The number of benzene rings is 2. The van der Waals surface area contributed by atoms with E-state index in [1.54, 1.807) is 13.1 Å². The van der Waals surface area contributed by atoms with Gasteiger partial charge in [-0.1, -0.05) is 30.3 Å². The molecule has 2 aliphatic heterocycles. The van der Waals surface area contributed by atoms with Crippen molar-refractivity contribution in [3.8, 4) is 5.75 Å². The van der Waals surface area contributed by atoms with Crippen molar-refractivity contribution >= 4 is 21.9 Å². The highest BCUT2D eigenvalue weighted by molar-refractivity contribution is 9.10. The van der Waals surface area contributed by atoms with Crippen molar-refractivity contribution in [3.05, 3.63) is 63.9 Å². The highest BCUT2D eigenvalue weighted by Gasteiger charge is 2.49. The minimum Gasteiger partial charge on any atom is -0.485 e. The molecular formula is C17H15BrFN3O2. The topological polar surface area (TPSA) is 60.1 Å². The zero-order chi connectivity index (χ0) is 16.9. The van der Waals surface area contributed by atoms with Gasteiger partial charge in [0.05, 0.1) is 10.0 Å². The minimum absolute atomic E-state index is 0.273. The summed E-state index contributed by atoms with van der Waals surface area (Å²) in [5.41, 5.74) is 6.51. The largest absolute Gasteiger partial charge is 0.485 e. The summed E-state index contributed by atoms with van der Waals surface area (Å²) in [6.07, 6.45) is 0.120.